The largest absolute Gasteiger partial charge is 0.462 e. The second-order valence-corrected chi connectivity index (χ2v) is 2.71. The molecule has 0 unspecified atom stereocenters. The summed E-state index contributed by atoms with van der Waals surface area (Å²) < 4.78 is 4.76. The number of pyridine rings is 1. The first kappa shape index (κ1) is 10.4. The van der Waals surface area contributed by atoms with Crippen LogP contribution >= 0.6 is 0 Å². The molecular weight excluding hydrogens is 182 g/mol. The van der Waals surface area contributed by atoms with Crippen molar-refractivity contribution in [1.29, 1.82) is 0 Å². The maximum atomic E-state index is 11.2. The number of carbonyl (C=O) groups excluding carboxylic acids is 2. The Morgan fingerprint density at radius 2 is 2.14 bits per heavy atom. The van der Waals surface area contributed by atoms with Gasteiger partial charge in [-0.1, -0.05) is 0 Å². The molecule has 0 amide bonds. The lowest BCUT2D eigenvalue weighted by molar-refractivity contribution is 0.0525. The molecule has 0 atom stereocenters. The zero-order valence-corrected chi connectivity index (χ0v) is 8.11. The van der Waals surface area contributed by atoms with E-state index in [-0.39, 0.29) is 5.78 Å². The van der Waals surface area contributed by atoms with Crippen LogP contribution in [0.25, 0.3) is 0 Å². The maximum absolute atomic E-state index is 11.2. The molecule has 0 spiro atoms. The molecule has 0 aliphatic heterocycles. The Morgan fingerprint density at radius 3 is 2.57 bits per heavy atom. The van der Waals surface area contributed by atoms with Crippen molar-refractivity contribution in [2.24, 2.45) is 0 Å². The van der Waals surface area contributed by atoms with Crippen LogP contribution in [-0.4, -0.2) is 23.3 Å². The fraction of sp³-hybridized carbons (Fsp3) is 0.300. The summed E-state index contributed by atoms with van der Waals surface area (Å²) in [5.41, 5.74) is 0.704. The fourth-order valence-electron chi connectivity index (χ4n) is 0.937. The molecule has 0 aliphatic carbocycles. The van der Waals surface area contributed by atoms with Crippen LogP contribution in [0.3, 0.4) is 0 Å². The van der Waals surface area contributed by atoms with Gasteiger partial charge in [-0.3, -0.25) is 9.78 Å². The molecule has 1 heterocycles. The van der Waals surface area contributed by atoms with E-state index in [0.717, 1.165) is 0 Å². The van der Waals surface area contributed by atoms with Gasteiger partial charge in [0.2, 0.25) is 0 Å². The van der Waals surface area contributed by atoms with Crippen LogP contribution in [0.4, 0.5) is 0 Å². The van der Waals surface area contributed by atoms with Gasteiger partial charge in [-0.15, -0.1) is 0 Å². The Bertz CT molecular complexity index is 343. The van der Waals surface area contributed by atoms with Crippen LogP contribution in [0.5, 0.6) is 0 Å². The Hall–Kier alpha value is -1.71. The molecule has 1 aromatic rings. The van der Waals surface area contributed by atoms with E-state index < -0.39 is 5.97 Å². The van der Waals surface area contributed by atoms with Gasteiger partial charge in [0.05, 0.1) is 12.2 Å². The van der Waals surface area contributed by atoms with Crippen LogP contribution in [0.15, 0.2) is 18.3 Å². The number of aromatic nitrogens is 1. The second kappa shape index (κ2) is 4.50. The Morgan fingerprint density at radius 1 is 1.43 bits per heavy atom. The average Bonchev–Trinajstić information content (AvgIpc) is 2.18. The lowest BCUT2D eigenvalue weighted by atomic mass is 10.2. The fourth-order valence-corrected chi connectivity index (χ4v) is 0.937. The molecule has 4 nitrogen and oxygen atoms in total. The van der Waals surface area contributed by atoms with Gasteiger partial charge < -0.3 is 4.74 Å². The van der Waals surface area contributed by atoms with Crippen molar-refractivity contribution in [1.82, 2.24) is 4.98 Å². The van der Waals surface area contributed by atoms with Gasteiger partial charge in [0.15, 0.2) is 5.78 Å². The SMILES string of the molecule is CCOC(=O)c1ccc(C(C)=O)nc1. The molecule has 1 rings (SSSR count). The predicted octanol–water partition coefficient (Wildman–Crippen LogP) is 1.46. The average molecular weight is 193 g/mol. The summed E-state index contributed by atoms with van der Waals surface area (Å²) in [6.45, 7) is 3.48. The molecule has 0 saturated carbocycles. The van der Waals surface area contributed by atoms with E-state index in [4.69, 9.17) is 4.74 Å². The van der Waals surface area contributed by atoms with E-state index in [2.05, 4.69) is 4.98 Å². The molecule has 4 heteroatoms. The minimum Gasteiger partial charge on any atom is -0.462 e. The lowest BCUT2D eigenvalue weighted by Crippen LogP contribution is -2.06. The summed E-state index contributed by atoms with van der Waals surface area (Å²) in [5.74, 6) is -0.546. The highest BCUT2D eigenvalue weighted by molar-refractivity contribution is 5.93. The summed E-state index contributed by atoms with van der Waals surface area (Å²) >= 11 is 0. The highest BCUT2D eigenvalue weighted by Gasteiger charge is 2.07. The summed E-state index contributed by atoms with van der Waals surface area (Å²) in [6, 6.07) is 3.04. The minimum absolute atomic E-state index is 0.125. The van der Waals surface area contributed by atoms with Crippen molar-refractivity contribution in [3.8, 4) is 0 Å². The highest BCUT2D eigenvalue weighted by Crippen LogP contribution is 2.02. The van der Waals surface area contributed by atoms with Crippen molar-refractivity contribution in [2.45, 2.75) is 13.8 Å². The number of Topliss-reactive ketones (excluding diaryl/α,β-unsaturated/α-hetero) is 1. The molecule has 0 aromatic carbocycles. The number of ether oxygens (including phenoxy) is 1. The molecule has 0 radical (unpaired) electrons. The van der Waals surface area contributed by atoms with Crippen molar-refractivity contribution in [2.75, 3.05) is 6.61 Å². The Labute approximate surface area is 81.9 Å². The maximum Gasteiger partial charge on any atom is 0.339 e. The highest BCUT2D eigenvalue weighted by atomic mass is 16.5. The first-order chi connectivity index (χ1) is 6.65. The Balaban J connectivity index is 2.83. The van der Waals surface area contributed by atoms with E-state index >= 15 is 0 Å². The molecule has 14 heavy (non-hydrogen) atoms. The number of nitrogens with zero attached hydrogens (tertiary/aromatic N) is 1. The number of rotatable bonds is 3. The van der Waals surface area contributed by atoms with Crippen molar-refractivity contribution >= 4 is 11.8 Å². The minimum atomic E-state index is -0.421. The topological polar surface area (TPSA) is 56.3 Å². The van der Waals surface area contributed by atoms with Gasteiger partial charge in [-0.25, -0.2) is 4.79 Å². The van der Waals surface area contributed by atoms with E-state index in [0.29, 0.717) is 17.9 Å². The zero-order chi connectivity index (χ0) is 10.6. The quantitative estimate of drug-likeness (QED) is 0.538. The van der Waals surface area contributed by atoms with Crippen LogP contribution in [0.1, 0.15) is 34.7 Å². The van der Waals surface area contributed by atoms with Crippen LogP contribution < -0.4 is 0 Å². The number of esters is 1. The van der Waals surface area contributed by atoms with Crippen molar-refractivity contribution in [3.05, 3.63) is 29.6 Å². The van der Waals surface area contributed by atoms with Crippen molar-refractivity contribution < 1.29 is 14.3 Å². The summed E-state index contributed by atoms with van der Waals surface area (Å²) in [7, 11) is 0. The van der Waals surface area contributed by atoms with Gasteiger partial charge in [0, 0.05) is 13.1 Å². The standard InChI is InChI=1S/C10H11NO3/c1-3-14-10(13)8-4-5-9(7(2)12)11-6-8/h4-6H,3H2,1-2H3. The van der Waals surface area contributed by atoms with E-state index in [1.165, 1.54) is 25.3 Å². The van der Waals surface area contributed by atoms with Crippen LogP contribution in [-0.2, 0) is 4.74 Å². The normalized spacial score (nSPS) is 9.57. The third-order valence-electron chi connectivity index (χ3n) is 1.64. The smallest absolute Gasteiger partial charge is 0.339 e. The number of ketones is 1. The molecule has 74 valence electrons. The van der Waals surface area contributed by atoms with Crippen LogP contribution in [0.2, 0.25) is 0 Å². The first-order valence-corrected chi connectivity index (χ1v) is 4.29. The molecule has 0 N–H and O–H groups in total. The van der Waals surface area contributed by atoms with E-state index in [9.17, 15) is 9.59 Å². The summed E-state index contributed by atoms with van der Waals surface area (Å²) in [6.07, 6.45) is 1.34. The third kappa shape index (κ3) is 2.39. The van der Waals surface area contributed by atoms with Gasteiger partial charge in [-0.05, 0) is 19.1 Å². The molecule has 0 bridgehead atoms. The lowest BCUT2D eigenvalue weighted by Gasteiger charge is -2.01. The van der Waals surface area contributed by atoms with E-state index in [1.807, 2.05) is 0 Å². The monoisotopic (exact) mass is 193 g/mol. The number of carbonyl (C=O) groups is 2. The predicted molar refractivity (Wildman–Crippen MR) is 50.2 cm³/mol. The van der Waals surface area contributed by atoms with Crippen molar-refractivity contribution in [3.63, 3.8) is 0 Å². The molecule has 0 fully saturated rings. The second-order valence-electron chi connectivity index (χ2n) is 2.71. The van der Waals surface area contributed by atoms with Crippen LogP contribution in [0, 0.1) is 0 Å². The first-order valence-electron chi connectivity index (χ1n) is 4.29. The van der Waals surface area contributed by atoms with Gasteiger partial charge in [0.25, 0.3) is 0 Å². The molecule has 0 aliphatic rings. The van der Waals surface area contributed by atoms with E-state index in [1.54, 1.807) is 6.92 Å². The van der Waals surface area contributed by atoms with Gasteiger partial charge in [0.1, 0.15) is 5.69 Å². The summed E-state index contributed by atoms with van der Waals surface area (Å²) in [5, 5.41) is 0. The summed E-state index contributed by atoms with van der Waals surface area (Å²) in [4.78, 5) is 25.9. The number of hydrogen-bond acceptors (Lipinski definition) is 4. The third-order valence-corrected chi connectivity index (χ3v) is 1.64. The Kier molecular flexibility index (Phi) is 3.34. The van der Waals surface area contributed by atoms with Gasteiger partial charge >= 0.3 is 5.97 Å². The molecule has 1 aromatic heterocycles. The number of hydrogen-bond donors (Lipinski definition) is 0. The van der Waals surface area contributed by atoms with Gasteiger partial charge in [-0.2, -0.15) is 0 Å². The zero-order valence-electron chi connectivity index (χ0n) is 8.11. The molecular formula is C10H11NO3. The molecule has 0 saturated heterocycles.